The fourth-order valence-corrected chi connectivity index (χ4v) is 9.69. The summed E-state index contributed by atoms with van der Waals surface area (Å²) in [5.41, 5.74) is 29.5. The van der Waals surface area contributed by atoms with Crippen molar-refractivity contribution in [1.29, 1.82) is 0 Å². The van der Waals surface area contributed by atoms with Gasteiger partial charge >= 0.3 is 0 Å². The minimum atomic E-state index is -1.19. The molecule has 490 valence electrons. The van der Waals surface area contributed by atoms with E-state index in [4.69, 9.17) is 47.6 Å². The number of nitrogens with one attached hydrogen (secondary N) is 8. The highest BCUT2D eigenvalue weighted by molar-refractivity contribution is 6.08. The molecule has 0 aliphatic heterocycles. The van der Waals surface area contributed by atoms with Crippen molar-refractivity contribution in [3.63, 3.8) is 0 Å². The summed E-state index contributed by atoms with van der Waals surface area (Å²) in [5.74, 6) is -5.89. The number of ether oxygens (including phenoxy) is 4. The second-order valence-corrected chi connectivity index (χ2v) is 21.3. The molecular weight excluding hydrogens is 1170 g/mol. The number of nitrogens with two attached hydrogens (primary N) is 5. The zero-order valence-electron chi connectivity index (χ0n) is 51.7. The summed E-state index contributed by atoms with van der Waals surface area (Å²) in [7, 11) is 5.39. The molecule has 1 aliphatic carbocycles. The zero-order valence-corrected chi connectivity index (χ0v) is 51.7. The van der Waals surface area contributed by atoms with Crippen molar-refractivity contribution < 1.29 is 66.9 Å². The first-order chi connectivity index (χ1) is 43.8. The molecule has 0 saturated heterocycles. The predicted octanol–water partition coefficient (Wildman–Crippen LogP) is 3.67. The average Bonchev–Trinajstić information content (AvgIpc) is 1.61. The van der Waals surface area contributed by atoms with E-state index >= 15 is 0 Å². The third kappa shape index (κ3) is 21.8. The largest absolute Gasteiger partial charge is 0.496 e. The van der Waals surface area contributed by atoms with Crippen molar-refractivity contribution in [2.45, 2.75) is 108 Å². The molecule has 27 nitrogen and oxygen atoms in total. The van der Waals surface area contributed by atoms with Crippen LogP contribution in [0.1, 0.15) is 125 Å². The first-order valence-corrected chi connectivity index (χ1v) is 30.0. The Labute approximate surface area is 528 Å². The summed E-state index contributed by atoms with van der Waals surface area (Å²) in [4.78, 5) is 135. The summed E-state index contributed by atoms with van der Waals surface area (Å²) in [5, 5.41) is 22.1. The van der Waals surface area contributed by atoms with Crippen molar-refractivity contribution >= 4 is 82.2 Å². The molecule has 0 saturated carbocycles. The molecule has 0 spiro atoms. The molecule has 5 unspecified atom stereocenters. The molecule has 0 bridgehead atoms. The number of methoxy groups -OCH3 is 4. The van der Waals surface area contributed by atoms with Gasteiger partial charge in [-0.15, -0.1) is 0 Å². The Balaban J connectivity index is 1.33. The van der Waals surface area contributed by atoms with E-state index in [1.165, 1.54) is 107 Å². The summed E-state index contributed by atoms with van der Waals surface area (Å²) in [6, 6.07) is 12.8. The molecule has 91 heavy (non-hydrogen) atoms. The van der Waals surface area contributed by atoms with E-state index < -0.39 is 77.3 Å². The summed E-state index contributed by atoms with van der Waals surface area (Å²) < 4.78 is 21.8. The molecule has 0 heterocycles. The maximum absolute atomic E-state index is 14.3. The molecule has 4 aromatic rings. The standard InChI is InChI=1S/C64H85N13O14/c1-88-52-25-21-40(33-44(52)56(69)79)70-62(85)49(14-6-10-30-66)75-58(81)46-35-42(23-27-54(46)90-3)72-64(87)51(16-8-12-32-68)77-60(83)47-36-43(24-28-55(47)91-4)73-63(86)50(15-7-11-31-67)76-59(82)45-34-41(22-26-53(45)89-2)71-61(84)48(13-5-9-29-65)74-57(80)39-19-17-38(37-78)18-20-39/h17,19-28,33-38,48-51H,5-16,18,29-32,65-68H2,1-4H3,(H2,69,79)(H,70,85)(H,71,84)(H,72,87)(H,73,86)(H,74,80)(H,75,81)(H,76,82)(H,77,83). The van der Waals surface area contributed by atoms with E-state index in [0.717, 1.165) is 6.29 Å². The highest BCUT2D eigenvalue weighted by atomic mass is 16.5. The molecule has 18 N–H and O–H groups in total. The Morgan fingerprint density at radius 3 is 0.978 bits per heavy atom. The molecule has 0 aromatic heterocycles. The third-order valence-electron chi connectivity index (χ3n) is 14.7. The summed E-state index contributed by atoms with van der Waals surface area (Å²) in [6.45, 7) is 1.30. The fourth-order valence-electron chi connectivity index (χ4n) is 9.69. The van der Waals surface area contributed by atoms with Crippen molar-refractivity contribution in [2.24, 2.45) is 34.6 Å². The maximum atomic E-state index is 14.3. The Bertz CT molecular complexity index is 3280. The molecule has 5 rings (SSSR count). The highest BCUT2D eigenvalue weighted by Crippen LogP contribution is 2.29. The van der Waals surface area contributed by atoms with Gasteiger partial charge in [0.2, 0.25) is 23.6 Å². The van der Waals surface area contributed by atoms with Crippen LogP contribution in [-0.4, -0.2) is 138 Å². The van der Waals surface area contributed by atoms with Crippen LogP contribution in [0, 0.1) is 5.92 Å². The van der Waals surface area contributed by atoms with Gasteiger partial charge in [0.05, 0.1) is 50.7 Å². The number of amides is 9. The minimum absolute atomic E-state index is 0.0267. The van der Waals surface area contributed by atoms with Gasteiger partial charge in [-0.1, -0.05) is 18.2 Å². The van der Waals surface area contributed by atoms with Gasteiger partial charge in [-0.25, -0.2) is 0 Å². The quantitative estimate of drug-likeness (QED) is 0.0225. The van der Waals surface area contributed by atoms with Crippen LogP contribution in [-0.2, 0) is 28.8 Å². The maximum Gasteiger partial charge on any atom is 0.255 e. The van der Waals surface area contributed by atoms with Crippen LogP contribution in [0.25, 0.3) is 0 Å². The van der Waals surface area contributed by atoms with Crippen molar-refractivity contribution in [3.05, 3.63) is 119 Å². The van der Waals surface area contributed by atoms with Crippen LogP contribution in [0.3, 0.4) is 0 Å². The summed E-state index contributed by atoms with van der Waals surface area (Å²) in [6.07, 6.45) is 10.5. The Morgan fingerprint density at radius 2 is 0.725 bits per heavy atom. The van der Waals surface area contributed by atoms with Crippen LogP contribution >= 0.6 is 0 Å². The number of unbranched alkanes of at least 4 members (excludes halogenated alkanes) is 4. The van der Waals surface area contributed by atoms with Gasteiger partial charge in [0.25, 0.3) is 29.5 Å². The van der Waals surface area contributed by atoms with E-state index in [1.54, 1.807) is 12.2 Å². The molecule has 1 aliphatic rings. The molecule has 0 fully saturated rings. The number of aldehydes is 1. The van der Waals surface area contributed by atoms with Gasteiger partial charge in [-0.3, -0.25) is 43.2 Å². The van der Waals surface area contributed by atoms with E-state index in [-0.39, 0.29) is 99.6 Å². The number of allylic oxidation sites excluding steroid dienone is 2. The van der Waals surface area contributed by atoms with Gasteiger partial charge in [0.1, 0.15) is 53.5 Å². The van der Waals surface area contributed by atoms with E-state index in [9.17, 15) is 47.9 Å². The third-order valence-corrected chi connectivity index (χ3v) is 14.7. The fraction of sp³-hybridized carbons (Fsp3) is 0.406. The predicted molar refractivity (Wildman–Crippen MR) is 344 cm³/mol. The van der Waals surface area contributed by atoms with Gasteiger partial charge in [0, 0.05) is 34.2 Å². The van der Waals surface area contributed by atoms with Crippen molar-refractivity contribution in [2.75, 3.05) is 75.9 Å². The molecule has 0 radical (unpaired) electrons. The SMILES string of the molecule is COc1ccc(NC(=O)C(CCCCN)NC(=O)c2cc(NC(=O)C(CCCCN)NC(=O)c3cc(NC(=O)C(CCCCN)NC(=O)c4cc(NC(=O)C(CCCCN)NC(=O)C5=CCC(C=O)C=C5)ccc4OC)ccc3OC)ccc2OC)cc1C(N)=O. The van der Waals surface area contributed by atoms with Crippen LogP contribution < -0.4 is 90.2 Å². The number of carbonyl (C=O) groups is 10. The second kappa shape index (κ2) is 37.3. The smallest absolute Gasteiger partial charge is 0.255 e. The second-order valence-electron chi connectivity index (χ2n) is 21.3. The number of primary amides is 1. The number of hydrogen-bond donors (Lipinski definition) is 13. The van der Waals surface area contributed by atoms with Crippen LogP contribution in [0.2, 0.25) is 0 Å². The van der Waals surface area contributed by atoms with Gasteiger partial charge in [0.15, 0.2) is 0 Å². The Hall–Kier alpha value is -9.70. The first kappa shape index (κ1) is 72.0. The van der Waals surface area contributed by atoms with E-state index in [0.29, 0.717) is 89.5 Å². The van der Waals surface area contributed by atoms with Gasteiger partial charge in [-0.05, 0) is 182 Å². The Morgan fingerprint density at radius 1 is 0.440 bits per heavy atom. The molecule has 27 heteroatoms. The topological polar surface area (TPSA) is 434 Å². The normalized spacial score (nSPS) is 13.7. The average molecular weight is 1260 g/mol. The lowest BCUT2D eigenvalue weighted by Crippen LogP contribution is -2.45. The van der Waals surface area contributed by atoms with Gasteiger partial charge < -0.3 is 94.9 Å². The number of rotatable bonds is 38. The van der Waals surface area contributed by atoms with Crippen molar-refractivity contribution in [3.8, 4) is 23.0 Å². The van der Waals surface area contributed by atoms with Crippen LogP contribution in [0.4, 0.5) is 22.7 Å². The first-order valence-electron chi connectivity index (χ1n) is 30.0. The zero-order chi connectivity index (χ0) is 66.4. The number of anilines is 4. The van der Waals surface area contributed by atoms with Crippen molar-refractivity contribution in [1.82, 2.24) is 21.3 Å². The lowest BCUT2D eigenvalue weighted by Gasteiger charge is -2.22. The molecule has 5 atom stereocenters. The van der Waals surface area contributed by atoms with Crippen LogP contribution in [0.15, 0.2) is 96.6 Å². The molecule has 9 amide bonds. The van der Waals surface area contributed by atoms with E-state index in [1.807, 2.05) is 0 Å². The lowest BCUT2D eigenvalue weighted by atomic mass is 9.97. The van der Waals surface area contributed by atoms with Gasteiger partial charge in [-0.2, -0.15) is 0 Å². The lowest BCUT2D eigenvalue weighted by molar-refractivity contribution is -0.124. The monoisotopic (exact) mass is 1260 g/mol. The number of benzene rings is 4. The van der Waals surface area contributed by atoms with Crippen LogP contribution in [0.5, 0.6) is 23.0 Å². The number of hydrogen-bond acceptors (Lipinski definition) is 18. The minimum Gasteiger partial charge on any atom is -0.496 e. The molecular formula is C64H85N13O14. The molecule has 4 aromatic carbocycles. The highest BCUT2D eigenvalue weighted by Gasteiger charge is 2.30. The van der Waals surface area contributed by atoms with E-state index in [2.05, 4.69) is 42.5 Å². The number of carbonyl (C=O) groups excluding carboxylic acids is 10. The Kier molecular flexibility index (Phi) is 29.6. The summed E-state index contributed by atoms with van der Waals surface area (Å²) >= 11 is 0.